The van der Waals surface area contributed by atoms with Crippen LogP contribution in [-0.2, 0) is 14.2 Å². The first kappa shape index (κ1) is 21.5. The Bertz CT molecular complexity index is 1040. The lowest BCUT2D eigenvalue weighted by molar-refractivity contribution is -0.205. The molecule has 2 saturated heterocycles. The summed E-state index contributed by atoms with van der Waals surface area (Å²) in [5.41, 5.74) is 1.98. The highest BCUT2D eigenvalue weighted by molar-refractivity contribution is 9.10. The first-order chi connectivity index (χ1) is 15.3. The van der Waals surface area contributed by atoms with E-state index >= 15 is 0 Å². The third kappa shape index (κ3) is 3.94. The predicted molar refractivity (Wildman–Crippen MR) is 122 cm³/mol. The number of benzene rings is 2. The van der Waals surface area contributed by atoms with Crippen molar-refractivity contribution < 1.29 is 23.8 Å². The second kappa shape index (κ2) is 8.23. The van der Waals surface area contributed by atoms with Gasteiger partial charge in [-0.15, -0.1) is 0 Å². The molecule has 7 heteroatoms. The van der Waals surface area contributed by atoms with E-state index in [1.165, 1.54) is 4.90 Å². The number of fused-ring (bicyclic) bond motifs is 2. The van der Waals surface area contributed by atoms with Crippen molar-refractivity contribution in [2.45, 2.75) is 44.6 Å². The molecule has 166 valence electrons. The van der Waals surface area contributed by atoms with Crippen LogP contribution in [0.4, 0.5) is 0 Å². The lowest BCUT2D eigenvalue weighted by atomic mass is 9.93. The van der Waals surface area contributed by atoms with Crippen LogP contribution >= 0.6 is 15.9 Å². The molecule has 3 heterocycles. The SMILES string of the molecule is CC1(C)O[C@H]2O[C@H](C=Cc3ccc(Br)cc3)[C@@H](CCN3C(=O)c4ccccc4C3=O)[C@H]2O1. The molecule has 3 aliphatic rings. The maximum atomic E-state index is 12.8. The Balaban J connectivity index is 1.33. The smallest absolute Gasteiger partial charge is 0.261 e. The van der Waals surface area contributed by atoms with Gasteiger partial charge in [0, 0.05) is 16.9 Å². The van der Waals surface area contributed by atoms with Crippen molar-refractivity contribution in [2.24, 2.45) is 5.92 Å². The van der Waals surface area contributed by atoms with Crippen LogP contribution in [0.2, 0.25) is 0 Å². The molecule has 0 spiro atoms. The molecule has 5 rings (SSSR count). The highest BCUT2D eigenvalue weighted by Gasteiger charge is 2.54. The lowest BCUT2D eigenvalue weighted by Gasteiger charge is -2.25. The molecular weight excluding hydrogens is 474 g/mol. The summed E-state index contributed by atoms with van der Waals surface area (Å²) in [6.45, 7) is 4.03. The topological polar surface area (TPSA) is 65.1 Å². The van der Waals surface area contributed by atoms with Crippen molar-refractivity contribution in [1.82, 2.24) is 4.90 Å². The minimum atomic E-state index is -0.733. The maximum absolute atomic E-state index is 12.8. The number of hydrogen-bond acceptors (Lipinski definition) is 5. The molecule has 2 fully saturated rings. The second-order valence-corrected chi connectivity index (χ2v) is 9.66. The van der Waals surface area contributed by atoms with Gasteiger partial charge in [-0.25, -0.2) is 0 Å². The Kier molecular flexibility index (Phi) is 5.53. The molecule has 0 aromatic heterocycles. The number of rotatable bonds is 5. The fourth-order valence-corrected chi connectivity index (χ4v) is 4.88. The average Bonchev–Trinajstić information content (AvgIpc) is 3.32. The normalized spacial score (nSPS) is 28.5. The van der Waals surface area contributed by atoms with Crippen molar-refractivity contribution >= 4 is 33.8 Å². The minimum Gasteiger partial charge on any atom is -0.342 e. The summed E-state index contributed by atoms with van der Waals surface area (Å²) in [4.78, 5) is 26.9. The number of nitrogens with zero attached hydrogens (tertiary/aromatic N) is 1. The molecule has 0 N–H and O–H groups in total. The molecule has 0 bridgehead atoms. The van der Waals surface area contributed by atoms with E-state index in [0.717, 1.165) is 10.0 Å². The van der Waals surface area contributed by atoms with Crippen LogP contribution in [0.5, 0.6) is 0 Å². The molecule has 2 aromatic carbocycles. The first-order valence-corrected chi connectivity index (χ1v) is 11.5. The Morgan fingerprint density at radius 1 is 1.00 bits per heavy atom. The van der Waals surface area contributed by atoms with Crippen LogP contribution < -0.4 is 0 Å². The van der Waals surface area contributed by atoms with E-state index in [0.29, 0.717) is 24.1 Å². The van der Waals surface area contributed by atoms with Gasteiger partial charge in [0.1, 0.15) is 6.10 Å². The Morgan fingerprint density at radius 2 is 1.66 bits per heavy atom. The van der Waals surface area contributed by atoms with Gasteiger partial charge in [-0.1, -0.05) is 52.3 Å². The van der Waals surface area contributed by atoms with E-state index in [9.17, 15) is 9.59 Å². The van der Waals surface area contributed by atoms with Crippen LogP contribution in [0.25, 0.3) is 6.08 Å². The Hall–Kier alpha value is -2.32. The van der Waals surface area contributed by atoms with Crippen LogP contribution in [0, 0.1) is 5.92 Å². The molecule has 3 aliphatic heterocycles. The summed E-state index contributed by atoms with van der Waals surface area (Å²) in [5, 5.41) is 0. The van der Waals surface area contributed by atoms with E-state index in [1.54, 1.807) is 24.3 Å². The molecule has 4 atom stereocenters. The van der Waals surface area contributed by atoms with Gasteiger partial charge in [-0.05, 0) is 50.1 Å². The van der Waals surface area contributed by atoms with E-state index in [-0.39, 0.29) is 29.9 Å². The fourth-order valence-electron chi connectivity index (χ4n) is 4.61. The lowest BCUT2D eigenvalue weighted by Crippen LogP contribution is -2.36. The second-order valence-electron chi connectivity index (χ2n) is 8.74. The maximum Gasteiger partial charge on any atom is 0.261 e. The van der Waals surface area contributed by atoms with Crippen LogP contribution in [0.1, 0.15) is 46.5 Å². The minimum absolute atomic E-state index is 0.0576. The number of amides is 2. The number of halogens is 1. The number of hydrogen-bond donors (Lipinski definition) is 0. The van der Waals surface area contributed by atoms with E-state index in [1.807, 2.05) is 50.3 Å². The van der Waals surface area contributed by atoms with Gasteiger partial charge in [0.15, 0.2) is 12.1 Å². The predicted octanol–water partition coefficient (Wildman–Crippen LogP) is 4.64. The molecule has 0 saturated carbocycles. The summed E-state index contributed by atoms with van der Waals surface area (Å²) < 4.78 is 19.3. The third-order valence-corrected chi connectivity index (χ3v) is 6.66. The number of carbonyl (C=O) groups excluding carboxylic acids is 2. The summed E-state index contributed by atoms with van der Waals surface area (Å²) in [6, 6.07) is 14.9. The first-order valence-electron chi connectivity index (χ1n) is 10.7. The van der Waals surface area contributed by atoms with Crippen molar-refractivity contribution in [1.29, 1.82) is 0 Å². The van der Waals surface area contributed by atoms with Gasteiger partial charge in [-0.2, -0.15) is 0 Å². The molecule has 32 heavy (non-hydrogen) atoms. The Morgan fingerprint density at radius 3 is 2.31 bits per heavy atom. The van der Waals surface area contributed by atoms with Gasteiger partial charge < -0.3 is 14.2 Å². The van der Waals surface area contributed by atoms with Gasteiger partial charge in [0.05, 0.1) is 17.2 Å². The molecule has 6 nitrogen and oxygen atoms in total. The van der Waals surface area contributed by atoms with Gasteiger partial charge in [0.25, 0.3) is 11.8 Å². The van der Waals surface area contributed by atoms with E-state index < -0.39 is 12.1 Å². The zero-order chi connectivity index (χ0) is 22.5. The summed E-state index contributed by atoms with van der Waals surface area (Å²) in [7, 11) is 0. The average molecular weight is 498 g/mol. The summed E-state index contributed by atoms with van der Waals surface area (Å²) in [6.07, 6.45) is 3.59. The van der Waals surface area contributed by atoms with Gasteiger partial charge in [-0.3, -0.25) is 14.5 Å². The molecule has 2 amide bonds. The van der Waals surface area contributed by atoms with Crippen LogP contribution in [-0.4, -0.2) is 47.5 Å². The Labute approximate surface area is 195 Å². The van der Waals surface area contributed by atoms with Crippen molar-refractivity contribution in [3.05, 3.63) is 75.8 Å². The van der Waals surface area contributed by atoms with Crippen molar-refractivity contribution in [3.8, 4) is 0 Å². The largest absolute Gasteiger partial charge is 0.342 e. The number of imide groups is 1. The number of ether oxygens (including phenoxy) is 3. The highest BCUT2D eigenvalue weighted by atomic mass is 79.9. The van der Waals surface area contributed by atoms with E-state index in [2.05, 4.69) is 15.9 Å². The fraction of sp³-hybridized carbons (Fsp3) is 0.360. The highest BCUT2D eigenvalue weighted by Crippen LogP contribution is 2.43. The monoisotopic (exact) mass is 497 g/mol. The zero-order valence-corrected chi connectivity index (χ0v) is 19.4. The van der Waals surface area contributed by atoms with Crippen LogP contribution in [0.15, 0.2) is 59.1 Å². The molecule has 0 radical (unpaired) electrons. The molecule has 2 aromatic rings. The molecular formula is C25H24BrNO5. The molecule has 0 aliphatic carbocycles. The summed E-state index contributed by atoms with van der Waals surface area (Å²) >= 11 is 3.45. The third-order valence-electron chi connectivity index (χ3n) is 6.14. The molecule has 0 unspecified atom stereocenters. The standard InChI is InChI=1S/C25H24BrNO5/c1-25(2)31-21-19(13-14-27-22(28)17-5-3-4-6-18(17)23(27)29)20(30-24(21)32-25)12-9-15-7-10-16(26)11-8-15/h3-12,19-21,24H,13-14H2,1-2H3/t19-,20-,21-,24-/m1/s1. The quantitative estimate of drug-likeness (QED) is 0.562. The van der Waals surface area contributed by atoms with Crippen molar-refractivity contribution in [2.75, 3.05) is 6.54 Å². The van der Waals surface area contributed by atoms with Crippen LogP contribution in [0.3, 0.4) is 0 Å². The van der Waals surface area contributed by atoms with Gasteiger partial charge >= 0.3 is 0 Å². The summed E-state index contributed by atoms with van der Waals surface area (Å²) in [5.74, 6) is -1.28. The van der Waals surface area contributed by atoms with Gasteiger partial charge in [0.2, 0.25) is 0 Å². The van der Waals surface area contributed by atoms with Crippen molar-refractivity contribution in [3.63, 3.8) is 0 Å². The number of carbonyl (C=O) groups is 2. The van der Waals surface area contributed by atoms with E-state index in [4.69, 9.17) is 14.2 Å². The zero-order valence-electron chi connectivity index (χ0n) is 17.9.